The van der Waals surface area contributed by atoms with Crippen LogP contribution < -0.4 is 4.90 Å². The summed E-state index contributed by atoms with van der Waals surface area (Å²) in [6.45, 7) is 6.95. The van der Waals surface area contributed by atoms with Crippen molar-refractivity contribution in [1.82, 2.24) is 4.90 Å². The van der Waals surface area contributed by atoms with Crippen LogP contribution >= 0.6 is 0 Å². The van der Waals surface area contributed by atoms with Crippen molar-refractivity contribution in [3.8, 4) is 0 Å². The first kappa shape index (κ1) is 20.5. The summed E-state index contributed by atoms with van der Waals surface area (Å²) in [7, 11) is 2.57. The molecule has 0 atom stereocenters. The zero-order chi connectivity index (χ0) is 19.8. The molecule has 0 bridgehead atoms. The largest absolute Gasteiger partial charge is 0.465 e. The highest BCUT2D eigenvalue weighted by atomic mass is 16.5. The minimum Gasteiger partial charge on any atom is -0.465 e. The van der Waals surface area contributed by atoms with Crippen LogP contribution in [0.5, 0.6) is 0 Å². The SMILES string of the molecule is CCN(CC)Cc1cccc(N2C=CC=CC(C(=O)OC)=C2C(=O)OC)c1. The van der Waals surface area contributed by atoms with Gasteiger partial charge in [-0.2, -0.15) is 0 Å². The Morgan fingerprint density at radius 3 is 2.37 bits per heavy atom. The minimum atomic E-state index is -0.610. The first-order valence-corrected chi connectivity index (χ1v) is 8.91. The van der Waals surface area contributed by atoms with E-state index in [9.17, 15) is 9.59 Å². The molecule has 1 aliphatic heterocycles. The van der Waals surface area contributed by atoms with Crippen molar-refractivity contribution in [2.24, 2.45) is 0 Å². The van der Waals surface area contributed by atoms with E-state index < -0.39 is 11.9 Å². The third kappa shape index (κ3) is 4.86. The standard InChI is InChI=1S/C21H26N2O4/c1-5-22(6-2)15-16-10-9-11-17(14-16)23-13-8-7-12-18(20(24)26-3)19(23)21(25)27-4/h7-14H,5-6,15H2,1-4H3. The molecular formula is C21H26N2O4. The van der Waals surface area contributed by atoms with E-state index in [1.807, 2.05) is 24.3 Å². The van der Waals surface area contributed by atoms with Crippen LogP contribution in [0.4, 0.5) is 5.69 Å². The van der Waals surface area contributed by atoms with Gasteiger partial charge in [0.15, 0.2) is 0 Å². The van der Waals surface area contributed by atoms with Gasteiger partial charge >= 0.3 is 11.9 Å². The Balaban J connectivity index is 2.51. The van der Waals surface area contributed by atoms with Crippen molar-refractivity contribution < 1.29 is 19.1 Å². The smallest absolute Gasteiger partial charge is 0.355 e. The molecule has 1 aromatic carbocycles. The molecule has 0 radical (unpaired) electrons. The highest BCUT2D eigenvalue weighted by Crippen LogP contribution is 2.27. The fourth-order valence-corrected chi connectivity index (χ4v) is 2.88. The van der Waals surface area contributed by atoms with Gasteiger partial charge < -0.3 is 14.4 Å². The third-order valence-corrected chi connectivity index (χ3v) is 4.38. The number of methoxy groups -OCH3 is 2. The molecule has 0 unspecified atom stereocenters. The second kappa shape index (κ2) is 9.73. The van der Waals surface area contributed by atoms with E-state index in [0.717, 1.165) is 30.9 Å². The molecule has 1 aromatic rings. The number of hydrogen-bond donors (Lipinski definition) is 0. The van der Waals surface area contributed by atoms with Crippen molar-refractivity contribution in [2.75, 3.05) is 32.2 Å². The minimum absolute atomic E-state index is 0.120. The summed E-state index contributed by atoms with van der Waals surface area (Å²) in [4.78, 5) is 28.7. The van der Waals surface area contributed by atoms with Gasteiger partial charge in [0.25, 0.3) is 0 Å². The van der Waals surface area contributed by atoms with Gasteiger partial charge in [0.1, 0.15) is 5.70 Å². The second-order valence-electron chi connectivity index (χ2n) is 5.95. The third-order valence-electron chi connectivity index (χ3n) is 4.38. The molecule has 0 aliphatic carbocycles. The predicted molar refractivity (Wildman–Crippen MR) is 105 cm³/mol. The van der Waals surface area contributed by atoms with Gasteiger partial charge in [-0.25, -0.2) is 9.59 Å². The maximum Gasteiger partial charge on any atom is 0.355 e. The number of esters is 2. The molecular weight excluding hydrogens is 344 g/mol. The van der Waals surface area contributed by atoms with Crippen LogP contribution in [0.25, 0.3) is 0 Å². The first-order chi connectivity index (χ1) is 13.0. The zero-order valence-corrected chi connectivity index (χ0v) is 16.3. The van der Waals surface area contributed by atoms with Crippen molar-refractivity contribution in [3.05, 3.63) is 65.5 Å². The van der Waals surface area contributed by atoms with Crippen LogP contribution in [0.3, 0.4) is 0 Å². The normalized spacial score (nSPS) is 13.7. The van der Waals surface area contributed by atoms with E-state index in [4.69, 9.17) is 9.47 Å². The highest BCUT2D eigenvalue weighted by molar-refractivity contribution is 6.05. The summed E-state index contributed by atoms with van der Waals surface area (Å²) in [6.07, 6.45) is 6.73. The molecule has 1 aliphatic rings. The van der Waals surface area contributed by atoms with Crippen molar-refractivity contribution in [1.29, 1.82) is 0 Å². The molecule has 2 rings (SSSR count). The molecule has 0 fully saturated rings. The Bertz CT molecular complexity index is 776. The summed E-state index contributed by atoms with van der Waals surface area (Å²) in [5.74, 6) is -1.21. The average molecular weight is 370 g/mol. The van der Waals surface area contributed by atoms with Gasteiger partial charge in [0.2, 0.25) is 0 Å². The Labute approximate surface area is 160 Å². The number of rotatable bonds is 7. The van der Waals surface area contributed by atoms with E-state index >= 15 is 0 Å². The molecule has 6 nitrogen and oxygen atoms in total. The number of anilines is 1. The summed E-state index contributed by atoms with van der Waals surface area (Å²) >= 11 is 0. The molecule has 27 heavy (non-hydrogen) atoms. The van der Waals surface area contributed by atoms with E-state index in [1.165, 1.54) is 14.2 Å². The topological polar surface area (TPSA) is 59.1 Å². The second-order valence-corrected chi connectivity index (χ2v) is 5.95. The van der Waals surface area contributed by atoms with Crippen LogP contribution in [0.1, 0.15) is 19.4 Å². The molecule has 0 amide bonds. The van der Waals surface area contributed by atoms with Crippen molar-refractivity contribution in [2.45, 2.75) is 20.4 Å². The number of hydrogen-bond acceptors (Lipinski definition) is 6. The van der Waals surface area contributed by atoms with Crippen LogP contribution in [-0.2, 0) is 25.6 Å². The lowest BCUT2D eigenvalue weighted by molar-refractivity contribution is -0.139. The molecule has 0 spiro atoms. The number of carbonyl (C=O) groups is 2. The van der Waals surface area contributed by atoms with E-state index in [1.54, 1.807) is 29.3 Å². The van der Waals surface area contributed by atoms with E-state index in [0.29, 0.717) is 0 Å². The predicted octanol–water partition coefficient (Wildman–Crippen LogP) is 3.02. The molecule has 0 aromatic heterocycles. The summed E-state index contributed by atoms with van der Waals surface area (Å²) in [6, 6.07) is 7.88. The van der Waals surface area contributed by atoms with Gasteiger partial charge in [-0.3, -0.25) is 4.90 Å². The first-order valence-electron chi connectivity index (χ1n) is 8.91. The molecule has 0 saturated heterocycles. The fourth-order valence-electron chi connectivity index (χ4n) is 2.88. The summed E-state index contributed by atoms with van der Waals surface area (Å²) in [5, 5.41) is 0. The Morgan fingerprint density at radius 2 is 1.74 bits per heavy atom. The van der Waals surface area contributed by atoms with Crippen molar-refractivity contribution in [3.63, 3.8) is 0 Å². The summed E-state index contributed by atoms with van der Waals surface area (Å²) in [5.41, 5.74) is 2.14. The van der Waals surface area contributed by atoms with E-state index in [-0.39, 0.29) is 11.3 Å². The van der Waals surface area contributed by atoms with Gasteiger partial charge in [0.05, 0.1) is 19.8 Å². The lowest BCUT2D eigenvalue weighted by atomic mass is 10.1. The molecule has 1 heterocycles. The van der Waals surface area contributed by atoms with Gasteiger partial charge in [-0.15, -0.1) is 0 Å². The lowest BCUT2D eigenvalue weighted by Crippen LogP contribution is -2.27. The molecule has 6 heteroatoms. The number of nitrogens with zero attached hydrogens (tertiary/aromatic N) is 2. The Kier molecular flexibility index (Phi) is 7.37. The number of ether oxygens (including phenoxy) is 2. The number of allylic oxidation sites excluding steroid dienone is 2. The van der Waals surface area contributed by atoms with Gasteiger partial charge in [-0.1, -0.05) is 32.1 Å². The maximum atomic E-state index is 12.5. The van der Waals surface area contributed by atoms with Crippen LogP contribution in [0.2, 0.25) is 0 Å². The van der Waals surface area contributed by atoms with Crippen molar-refractivity contribution >= 4 is 17.6 Å². The lowest BCUT2D eigenvalue weighted by Gasteiger charge is -2.24. The van der Waals surface area contributed by atoms with Gasteiger partial charge in [-0.05, 0) is 42.9 Å². The van der Waals surface area contributed by atoms with Crippen LogP contribution in [0.15, 0.2) is 60.0 Å². The highest BCUT2D eigenvalue weighted by Gasteiger charge is 2.27. The molecule has 144 valence electrons. The monoisotopic (exact) mass is 370 g/mol. The van der Waals surface area contributed by atoms with Gasteiger partial charge in [0, 0.05) is 18.4 Å². The number of carbonyl (C=O) groups excluding carboxylic acids is 2. The summed E-state index contributed by atoms with van der Waals surface area (Å²) < 4.78 is 9.77. The quantitative estimate of drug-likeness (QED) is 0.688. The van der Waals surface area contributed by atoms with Crippen LogP contribution in [-0.4, -0.2) is 44.1 Å². The average Bonchev–Trinajstić information content (AvgIpc) is 2.94. The van der Waals surface area contributed by atoms with Crippen LogP contribution in [0, 0.1) is 0 Å². The Morgan fingerprint density at radius 1 is 1.04 bits per heavy atom. The number of benzene rings is 1. The zero-order valence-electron chi connectivity index (χ0n) is 16.3. The molecule has 0 saturated carbocycles. The maximum absolute atomic E-state index is 12.5. The van der Waals surface area contributed by atoms with E-state index in [2.05, 4.69) is 18.7 Å². The molecule has 0 N–H and O–H groups in total. The Hall–Kier alpha value is -2.86. The fraction of sp³-hybridized carbons (Fsp3) is 0.333.